The zero-order valence-corrected chi connectivity index (χ0v) is 10.4. The fourth-order valence-corrected chi connectivity index (χ4v) is 2.16. The van der Waals surface area contributed by atoms with E-state index >= 15 is 0 Å². The van der Waals surface area contributed by atoms with E-state index in [0.717, 1.165) is 19.4 Å². The van der Waals surface area contributed by atoms with Crippen LogP contribution in [0.4, 0.5) is 0 Å². The molecule has 0 unspecified atom stereocenters. The summed E-state index contributed by atoms with van der Waals surface area (Å²) < 4.78 is 5.12. The zero-order chi connectivity index (χ0) is 13.0. The second kappa shape index (κ2) is 5.77. The first-order valence-electron chi connectivity index (χ1n) is 6.04. The monoisotopic (exact) mass is 251 g/mol. The van der Waals surface area contributed by atoms with Crippen LogP contribution in [0.5, 0.6) is 0 Å². The Labute approximate surface area is 105 Å². The second-order valence-electron chi connectivity index (χ2n) is 4.50. The first-order valence-corrected chi connectivity index (χ1v) is 6.04. The van der Waals surface area contributed by atoms with Gasteiger partial charge in [0.15, 0.2) is 0 Å². The Bertz CT molecular complexity index is 443. The summed E-state index contributed by atoms with van der Waals surface area (Å²) in [5.74, 6) is 0.407. The third-order valence-corrected chi connectivity index (χ3v) is 3.20. The van der Waals surface area contributed by atoms with Crippen molar-refractivity contribution in [1.82, 2.24) is 15.1 Å². The van der Waals surface area contributed by atoms with Crippen molar-refractivity contribution < 1.29 is 9.53 Å². The number of carbonyl (C=O) groups excluding carboxylic acids is 1. The van der Waals surface area contributed by atoms with E-state index in [0.29, 0.717) is 24.7 Å². The molecule has 1 aliphatic rings. The lowest BCUT2D eigenvalue weighted by Gasteiger charge is -2.31. The molecule has 1 amide bonds. The third-order valence-electron chi connectivity index (χ3n) is 3.20. The number of hydrogen-bond acceptors (Lipinski definition) is 4. The summed E-state index contributed by atoms with van der Waals surface area (Å²) in [7, 11) is 1.70. The van der Waals surface area contributed by atoms with E-state index < -0.39 is 0 Å². The zero-order valence-electron chi connectivity index (χ0n) is 10.4. The number of piperidine rings is 1. The van der Waals surface area contributed by atoms with Crippen molar-refractivity contribution in [2.75, 3.05) is 26.8 Å². The molecule has 1 aliphatic heterocycles. The molecule has 0 atom stereocenters. The quantitative estimate of drug-likeness (QED) is 0.836. The Morgan fingerprint density at radius 3 is 2.78 bits per heavy atom. The number of aromatic nitrogens is 2. The highest BCUT2D eigenvalue weighted by molar-refractivity contribution is 5.92. The molecule has 0 spiro atoms. The molecular weight excluding hydrogens is 234 g/mol. The van der Waals surface area contributed by atoms with Crippen LogP contribution in [0.1, 0.15) is 23.3 Å². The Hall–Kier alpha value is -1.69. The van der Waals surface area contributed by atoms with E-state index in [1.807, 2.05) is 0 Å². The Kier molecular flexibility index (Phi) is 4.09. The number of hydrogen-bond donors (Lipinski definition) is 1. The smallest absolute Gasteiger partial charge is 0.274 e. The number of aromatic amines is 1. The maximum absolute atomic E-state index is 12.1. The standard InChI is InChI=1S/C12H17N3O3/c1-18-8-9-4-6-15(7-5-9)12(17)10-2-3-11(16)14-13-10/h2-3,9H,4-8H2,1H3,(H,14,16). The number of amides is 1. The topological polar surface area (TPSA) is 75.3 Å². The molecule has 0 aromatic carbocycles. The van der Waals surface area contributed by atoms with Crippen LogP contribution in [0.3, 0.4) is 0 Å². The van der Waals surface area contributed by atoms with Gasteiger partial charge < -0.3 is 9.64 Å². The van der Waals surface area contributed by atoms with E-state index in [-0.39, 0.29) is 11.5 Å². The third kappa shape index (κ3) is 2.95. The molecule has 6 nitrogen and oxygen atoms in total. The van der Waals surface area contributed by atoms with Crippen LogP contribution < -0.4 is 5.56 Å². The molecular formula is C12H17N3O3. The maximum atomic E-state index is 12.1. The summed E-state index contributed by atoms with van der Waals surface area (Å²) in [5.41, 5.74) is -0.00913. The summed E-state index contributed by atoms with van der Waals surface area (Å²) in [5, 5.41) is 6.03. The lowest BCUT2D eigenvalue weighted by Crippen LogP contribution is -2.40. The number of rotatable bonds is 3. The van der Waals surface area contributed by atoms with Gasteiger partial charge in [-0.1, -0.05) is 0 Å². The minimum Gasteiger partial charge on any atom is -0.384 e. The van der Waals surface area contributed by atoms with E-state index in [1.54, 1.807) is 12.0 Å². The average molecular weight is 251 g/mol. The van der Waals surface area contributed by atoms with Crippen molar-refractivity contribution in [2.24, 2.45) is 5.92 Å². The van der Waals surface area contributed by atoms with Gasteiger partial charge in [-0.15, -0.1) is 0 Å². The number of nitrogens with one attached hydrogen (secondary N) is 1. The molecule has 0 aliphatic carbocycles. The van der Waals surface area contributed by atoms with Crippen molar-refractivity contribution in [2.45, 2.75) is 12.8 Å². The van der Waals surface area contributed by atoms with E-state index in [9.17, 15) is 9.59 Å². The van der Waals surface area contributed by atoms with Crippen LogP contribution in [-0.2, 0) is 4.74 Å². The predicted molar refractivity (Wildman–Crippen MR) is 65.4 cm³/mol. The van der Waals surface area contributed by atoms with Crippen molar-refractivity contribution in [3.8, 4) is 0 Å². The van der Waals surface area contributed by atoms with Gasteiger partial charge >= 0.3 is 0 Å². The van der Waals surface area contributed by atoms with E-state index in [2.05, 4.69) is 10.2 Å². The van der Waals surface area contributed by atoms with Crippen LogP contribution in [0.25, 0.3) is 0 Å². The van der Waals surface area contributed by atoms with Gasteiger partial charge in [0, 0.05) is 32.9 Å². The second-order valence-corrected chi connectivity index (χ2v) is 4.50. The molecule has 2 heterocycles. The molecule has 1 saturated heterocycles. The molecule has 1 aromatic heterocycles. The average Bonchev–Trinajstić information content (AvgIpc) is 2.40. The van der Waals surface area contributed by atoms with Crippen molar-refractivity contribution in [3.63, 3.8) is 0 Å². The first kappa shape index (κ1) is 12.8. The molecule has 1 N–H and O–H groups in total. The number of methoxy groups -OCH3 is 1. The normalized spacial score (nSPS) is 16.8. The van der Waals surface area contributed by atoms with Gasteiger partial charge in [-0.2, -0.15) is 5.10 Å². The van der Waals surface area contributed by atoms with Crippen LogP contribution in [0.2, 0.25) is 0 Å². The van der Waals surface area contributed by atoms with Gasteiger partial charge in [0.1, 0.15) is 5.69 Å². The van der Waals surface area contributed by atoms with Crippen molar-refractivity contribution in [1.29, 1.82) is 0 Å². The minimum atomic E-state index is -0.301. The van der Waals surface area contributed by atoms with Gasteiger partial charge in [-0.25, -0.2) is 5.10 Å². The van der Waals surface area contributed by atoms with Crippen LogP contribution in [-0.4, -0.2) is 47.8 Å². The predicted octanol–water partition coefficient (Wildman–Crippen LogP) is 0.269. The molecule has 0 radical (unpaired) electrons. The van der Waals surface area contributed by atoms with E-state index in [4.69, 9.17) is 4.74 Å². The fraction of sp³-hybridized carbons (Fsp3) is 0.583. The molecule has 0 bridgehead atoms. The van der Waals surface area contributed by atoms with Gasteiger partial charge in [0.05, 0.1) is 0 Å². The summed E-state index contributed by atoms with van der Waals surface area (Å²) in [6, 6.07) is 2.78. The summed E-state index contributed by atoms with van der Waals surface area (Å²) in [6.07, 6.45) is 1.89. The van der Waals surface area contributed by atoms with Crippen LogP contribution >= 0.6 is 0 Å². The minimum absolute atomic E-state index is 0.123. The van der Waals surface area contributed by atoms with Gasteiger partial charge in [0.2, 0.25) is 0 Å². The van der Waals surface area contributed by atoms with E-state index in [1.165, 1.54) is 12.1 Å². The Balaban J connectivity index is 1.95. The summed E-state index contributed by atoms with van der Waals surface area (Å²) in [4.78, 5) is 24.7. The number of likely N-dealkylation sites (tertiary alicyclic amines) is 1. The highest BCUT2D eigenvalue weighted by Gasteiger charge is 2.24. The lowest BCUT2D eigenvalue weighted by atomic mass is 9.97. The first-order chi connectivity index (χ1) is 8.70. The summed E-state index contributed by atoms with van der Waals surface area (Å²) in [6.45, 7) is 2.18. The van der Waals surface area contributed by atoms with Gasteiger partial charge in [0.25, 0.3) is 11.5 Å². The number of H-pyrrole nitrogens is 1. The number of nitrogens with zero attached hydrogens (tertiary/aromatic N) is 2. The van der Waals surface area contributed by atoms with Gasteiger partial charge in [-0.05, 0) is 24.8 Å². The van der Waals surface area contributed by atoms with Gasteiger partial charge in [-0.3, -0.25) is 9.59 Å². The molecule has 98 valence electrons. The molecule has 1 aromatic rings. The maximum Gasteiger partial charge on any atom is 0.274 e. The van der Waals surface area contributed by atoms with Crippen molar-refractivity contribution in [3.05, 3.63) is 28.2 Å². The fourth-order valence-electron chi connectivity index (χ4n) is 2.16. The molecule has 0 saturated carbocycles. The van der Waals surface area contributed by atoms with Crippen molar-refractivity contribution >= 4 is 5.91 Å². The molecule has 2 rings (SSSR count). The Morgan fingerprint density at radius 2 is 2.22 bits per heavy atom. The number of carbonyl (C=O) groups is 1. The lowest BCUT2D eigenvalue weighted by molar-refractivity contribution is 0.0607. The molecule has 6 heteroatoms. The molecule has 1 fully saturated rings. The SMILES string of the molecule is COCC1CCN(C(=O)c2ccc(=O)[nH]n2)CC1. The summed E-state index contributed by atoms with van der Waals surface area (Å²) >= 11 is 0. The largest absolute Gasteiger partial charge is 0.384 e. The highest BCUT2D eigenvalue weighted by Crippen LogP contribution is 2.18. The number of ether oxygens (including phenoxy) is 1. The van der Waals surface area contributed by atoms with Crippen LogP contribution in [0, 0.1) is 5.92 Å². The molecule has 18 heavy (non-hydrogen) atoms. The van der Waals surface area contributed by atoms with Crippen LogP contribution in [0.15, 0.2) is 16.9 Å². The Morgan fingerprint density at radius 1 is 1.50 bits per heavy atom. The highest BCUT2D eigenvalue weighted by atomic mass is 16.5.